The monoisotopic (exact) mass is 182 g/mol. The molecule has 2 N–H and O–H groups in total. The molecule has 1 aliphatic heterocycles. The van der Waals surface area contributed by atoms with Crippen LogP contribution in [0.25, 0.3) is 0 Å². The van der Waals surface area contributed by atoms with Crippen molar-refractivity contribution in [1.29, 1.82) is 0 Å². The molecule has 2 rings (SSSR count). The second kappa shape index (κ2) is 3.29. The van der Waals surface area contributed by atoms with Gasteiger partial charge < -0.3 is 10.6 Å². The van der Waals surface area contributed by atoms with Gasteiger partial charge in [0.25, 0.3) is 0 Å². The van der Waals surface area contributed by atoms with E-state index in [2.05, 4.69) is 6.92 Å². The second-order valence-electron chi connectivity index (χ2n) is 4.49. The number of hydrogen-bond acceptors (Lipinski definition) is 2. The van der Waals surface area contributed by atoms with Crippen LogP contribution >= 0.6 is 0 Å². The molecule has 1 saturated heterocycles. The Morgan fingerprint density at radius 1 is 1.38 bits per heavy atom. The maximum atomic E-state index is 11.7. The molecular weight excluding hydrogens is 164 g/mol. The minimum atomic E-state index is 0.295. The van der Waals surface area contributed by atoms with Gasteiger partial charge in [-0.3, -0.25) is 4.79 Å². The third kappa shape index (κ3) is 1.85. The van der Waals surface area contributed by atoms with Gasteiger partial charge in [-0.15, -0.1) is 0 Å². The summed E-state index contributed by atoms with van der Waals surface area (Å²) in [6, 6.07) is 0.295. The van der Waals surface area contributed by atoms with E-state index in [1.807, 2.05) is 4.90 Å². The van der Waals surface area contributed by atoms with Crippen molar-refractivity contribution in [3.63, 3.8) is 0 Å². The first-order chi connectivity index (χ1) is 6.18. The van der Waals surface area contributed by atoms with Crippen LogP contribution in [0, 0.1) is 11.8 Å². The zero-order valence-electron chi connectivity index (χ0n) is 8.20. The van der Waals surface area contributed by atoms with Crippen LogP contribution in [0.5, 0.6) is 0 Å². The first kappa shape index (κ1) is 9.00. The van der Waals surface area contributed by atoms with Gasteiger partial charge in [-0.25, -0.2) is 0 Å². The van der Waals surface area contributed by atoms with E-state index in [1.165, 1.54) is 0 Å². The van der Waals surface area contributed by atoms with Gasteiger partial charge in [0.1, 0.15) is 0 Å². The molecule has 74 valence electrons. The van der Waals surface area contributed by atoms with Crippen molar-refractivity contribution in [3.05, 3.63) is 0 Å². The van der Waals surface area contributed by atoms with E-state index in [-0.39, 0.29) is 0 Å². The van der Waals surface area contributed by atoms with Crippen LogP contribution in [0.3, 0.4) is 0 Å². The third-order valence-corrected chi connectivity index (χ3v) is 3.21. The molecule has 3 nitrogen and oxygen atoms in total. The smallest absolute Gasteiger partial charge is 0.225 e. The van der Waals surface area contributed by atoms with Crippen LogP contribution in [-0.2, 0) is 4.79 Å². The van der Waals surface area contributed by atoms with E-state index in [0.29, 0.717) is 23.8 Å². The lowest BCUT2D eigenvalue weighted by atomic mass is 9.94. The fourth-order valence-corrected chi connectivity index (χ4v) is 1.95. The number of piperidine rings is 1. The van der Waals surface area contributed by atoms with Crippen LogP contribution in [-0.4, -0.2) is 29.9 Å². The van der Waals surface area contributed by atoms with Gasteiger partial charge in [0.05, 0.1) is 0 Å². The number of rotatable bonds is 1. The summed E-state index contributed by atoms with van der Waals surface area (Å²) in [7, 11) is 0. The number of hydrogen-bond donors (Lipinski definition) is 1. The van der Waals surface area contributed by atoms with Crippen molar-refractivity contribution in [2.75, 3.05) is 13.1 Å². The van der Waals surface area contributed by atoms with Crippen molar-refractivity contribution in [2.45, 2.75) is 32.2 Å². The highest BCUT2D eigenvalue weighted by molar-refractivity contribution is 5.81. The van der Waals surface area contributed by atoms with Crippen molar-refractivity contribution in [3.8, 4) is 0 Å². The Labute approximate surface area is 79.3 Å². The minimum Gasteiger partial charge on any atom is -0.342 e. The Balaban J connectivity index is 1.90. The molecule has 0 aromatic carbocycles. The molecule has 1 saturated carbocycles. The molecule has 2 atom stereocenters. The van der Waals surface area contributed by atoms with Crippen molar-refractivity contribution < 1.29 is 4.79 Å². The van der Waals surface area contributed by atoms with Crippen molar-refractivity contribution >= 4 is 5.91 Å². The Morgan fingerprint density at radius 2 is 2.08 bits per heavy atom. The van der Waals surface area contributed by atoms with Crippen LogP contribution in [0.2, 0.25) is 0 Å². The molecule has 0 radical (unpaired) electrons. The average Bonchev–Trinajstić information content (AvgIpc) is 2.91. The molecule has 0 aromatic rings. The molecule has 13 heavy (non-hydrogen) atoms. The predicted octanol–water partition coefficient (Wildman–Crippen LogP) is 0.592. The Bertz CT molecular complexity index is 213. The topological polar surface area (TPSA) is 46.3 Å². The zero-order valence-corrected chi connectivity index (χ0v) is 8.20. The molecule has 1 aliphatic carbocycles. The second-order valence-corrected chi connectivity index (χ2v) is 4.49. The normalized spacial score (nSPS) is 34.8. The quantitative estimate of drug-likeness (QED) is 0.645. The first-order valence-corrected chi connectivity index (χ1v) is 5.23. The number of nitrogens with two attached hydrogens (primary N) is 1. The standard InChI is InChI=1S/C10H18N2O/c1-7-6-12(5-4-9(7)11)10(13)8-2-3-8/h7-9H,2-6,11H2,1H3. The van der Waals surface area contributed by atoms with Gasteiger partial charge in [-0.1, -0.05) is 6.92 Å². The molecule has 1 amide bonds. The van der Waals surface area contributed by atoms with Gasteiger partial charge in [0.2, 0.25) is 5.91 Å². The third-order valence-electron chi connectivity index (χ3n) is 3.21. The van der Waals surface area contributed by atoms with Crippen LogP contribution in [0.4, 0.5) is 0 Å². The SMILES string of the molecule is CC1CN(C(=O)C2CC2)CCC1N. The average molecular weight is 182 g/mol. The van der Waals surface area contributed by atoms with E-state index < -0.39 is 0 Å². The summed E-state index contributed by atoms with van der Waals surface area (Å²) in [5.74, 6) is 1.21. The molecular formula is C10H18N2O. The van der Waals surface area contributed by atoms with Gasteiger partial charge in [0, 0.05) is 25.0 Å². The molecule has 1 heterocycles. The van der Waals surface area contributed by atoms with Crippen LogP contribution < -0.4 is 5.73 Å². The molecule has 0 spiro atoms. The summed E-state index contributed by atoms with van der Waals surface area (Å²) in [6.45, 7) is 3.88. The number of nitrogens with zero attached hydrogens (tertiary/aromatic N) is 1. The lowest BCUT2D eigenvalue weighted by Crippen LogP contribution is -2.48. The highest BCUT2D eigenvalue weighted by Gasteiger charge is 2.35. The molecule has 2 unspecified atom stereocenters. The van der Waals surface area contributed by atoms with Crippen LogP contribution in [0.15, 0.2) is 0 Å². The summed E-state index contributed by atoms with van der Waals surface area (Å²) >= 11 is 0. The summed E-state index contributed by atoms with van der Waals surface area (Å²) < 4.78 is 0. The number of carbonyl (C=O) groups excluding carboxylic acids is 1. The van der Waals surface area contributed by atoms with Gasteiger partial charge >= 0.3 is 0 Å². The van der Waals surface area contributed by atoms with Gasteiger partial charge in [-0.05, 0) is 25.2 Å². The molecule has 0 bridgehead atoms. The summed E-state index contributed by atoms with van der Waals surface area (Å²) in [5.41, 5.74) is 5.89. The molecule has 2 fully saturated rings. The summed E-state index contributed by atoms with van der Waals surface area (Å²) in [6.07, 6.45) is 3.19. The largest absolute Gasteiger partial charge is 0.342 e. The van der Waals surface area contributed by atoms with Crippen LogP contribution in [0.1, 0.15) is 26.2 Å². The number of carbonyl (C=O) groups is 1. The van der Waals surface area contributed by atoms with E-state index in [1.54, 1.807) is 0 Å². The lowest BCUT2D eigenvalue weighted by molar-refractivity contribution is -0.134. The highest BCUT2D eigenvalue weighted by atomic mass is 16.2. The Kier molecular flexibility index (Phi) is 2.28. The lowest BCUT2D eigenvalue weighted by Gasteiger charge is -2.35. The van der Waals surface area contributed by atoms with Gasteiger partial charge in [0.15, 0.2) is 0 Å². The van der Waals surface area contributed by atoms with Gasteiger partial charge in [-0.2, -0.15) is 0 Å². The highest BCUT2D eigenvalue weighted by Crippen LogP contribution is 2.32. The fourth-order valence-electron chi connectivity index (χ4n) is 1.95. The molecule has 0 aromatic heterocycles. The Hall–Kier alpha value is -0.570. The molecule has 3 heteroatoms. The maximum Gasteiger partial charge on any atom is 0.225 e. The van der Waals surface area contributed by atoms with E-state index >= 15 is 0 Å². The predicted molar refractivity (Wildman–Crippen MR) is 51.1 cm³/mol. The first-order valence-electron chi connectivity index (χ1n) is 5.23. The van der Waals surface area contributed by atoms with E-state index in [9.17, 15) is 4.79 Å². The van der Waals surface area contributed by atoms with E-state index in [0.717, 1.165) is 32.4 Å². The van der Waals surface area contributed by atoms with Crippen molar-refractivity contribution in [2.24, 2.45) is 17.6 Å². The maximum absolute atomic E-state index is 11.7. The molecule has 2 aliphatic rings. The number of amides is 1. The Morgan fingerprint density at radius 3 is 2.62 bits per heavy atom. The zero-order chi connectivity index (χ0) is 9.42. The number of likely N-dealkylation sites (tertiary alicyclic amines) is 1. The summed E-state index contributed by atoms with van der Waals surface area (Å²) in [5, 5.41) is 0. The minimum absolute atomic E-state index is 0.295. The summed E-state index contributed by atoms with van der Waals surface area (Å²) in [4.78, 5) is 13.7. The van der Waals surface area contributed by atoms with Crippen molar-refractivity contribution in [1.82, 2.24) is 4.90 Å². The fraction of sp³-hybridized carbons (Fsp3) is 0.900. The van der Waals surface area contributed by atoms with E-state index in [4.69, 9.17) is 5.73 Å².